The Labute approximate surface area is 128 Å². The van der Waals surface area contributed by atoms with Crippen LogP contribution in [-0.4, -0.2) is 60.1 Å². The number of nitrogens with zero attached hydrogens (tertiary/aromatic N) is 4. The van der Waals surface area contributed by atoms with Gasteiger partial charge in [0.2, 0.25) is 0 Å². The Hall–Kier alpha value is -1.62. The molecule has 5 heteroatoms. The Morgan fingerprint density at radius 3 is 2.14 bits per heavy atom. The van der Waals surface area contributed by atoms with Crippen LogP contribution in [0.4, 0.5) is 10.6 Å². The molecule has 0 unspecified atom stereocenters. The van der Waals surface area contributed by atoms with Crippen LogP contribution >= 0.6 is 0 Å². The zero-order chi connectivity index (χ0) is 16.0. The average molecular weight is 292 g/mol. The lowest BCUT2D eigenvalue weighted by Crippen LogP contribution is -2.47. The molecular formula is C16H28N4O. The fraction of sp³-hybridized carbons (Fsp3) is 0.625. The number of carbonyl (C=O) groups is 1. The Balaban J connectivity index is 2.86. The van der Waals surface area contributed by atoms with Crippen LogP contribution in [0.3, 0.4) is 0 Å². The van der Waals surface area contributed by atoms with Crippen molar-refractivity contribution < 1.29 is 4.79 Å². The third kappa shape index (κ3) is 5.01. The number of anilines is 1. The standard InChI is InChI=1S/C16H28N4O/c1-13(2)19(14(3)4)11-12-20(16(21)18(5)6)15-9-7-8-10-17-15/h7-10,13-14H,11-12H2,1-6H3. The third-order valence-electron chi connectivity index (χ3n) is 3.45. The van der Waals surface area contributed by atoms with Crippen LogP contribution in [0.15, 0.2) is 24.4 Å². The average Bonchev–Trinajstić information content (AvgIpc) is 2.43. The van der Waals surface area contributed by atoms with Gasteiger partial charge >= 0.3 is 6.03 Å². The first kappa shape index (κ1) is 17.4. The predicted octanol–water partition coefficient (Wildman–Crippen LogP) is 2.69. The maximum Gasteiger partial charge on any atom is 0.325 e. The number of amides is 2. The van der Waals surface area contributed by atoms with Gasteiger partial charge in [-0.15, -0.1) is 0 Å². The molecule has 0 aliphatic rings. The lowest BCUT2D eigenvalue weighted by atomic mass is 10.2. The van der Waals surface area contributed by atoms with Gasteiger partial charge in [-0.25, -0.2) is 9.78 Å². The first-order chi connectivity index (χ1) is 9.84. The number of carbonyl (C=O) groups excluding carboxylic acids is 1. The largest absolute Gasteiger partial charge is 0.330 e. The SMILES string of the molecule is CC(C)N(CCN(C(=O)N(C)C)c1ccccn1)C(C)C. The maximum absolute atomic E-state index is 12.4. The monoisotopic (exact) mass is 292 g/mol. The highest BCUT2D eigenvalue weighted by atomic mass is 16.2. The minimum atomic E-state index is -0.0406. The molecule has 1 aromatic heterocycles. The molecule has 0 N–H and O–H groups in total. The molecular weight excluding hydrogens is 264 g/mol. The summed E-state index contributed by atoms with van der Waals surface area (Å²) < 4.78 is 0. The Kier molecular flexibility index (Phi) is 6.62. The molecule has 0 bridgehead atoms. The van der Waals surface area contributed by atoms with E-state index < -0.39 is 0 Å². The van der Waals surface area contributed by atoms with Gasteiger partial charge in [-0.3, -0.25) is 9.80 Å². The summed E-state index contributed by atoms with van der Waals surface area (Å²) >= 11 is 0. The topological polar surface area (TPSA) is 39.7 Å². The van der Waals surface area contributed by atoms with E-state index in [2.05, 4.69) is 37.6 Å². The summed E-state index contributed by atoms with van der Waals surface area (Å²) in [5.74, 6) is 0.698. The van der Waals surface area contributed by atoms with E-state index in [1.807, 2.05) is 18.2 Å². The molecule has 0 spiro atoms. The lowest BCUT2D eigenvalue weighted by Gasteiger charge is -2.33. The summed E-state index contributed by atoms with van der Waals surface area (Å²) in [6, 6.07) is 6.49. The molecule has 0 fully saturated rings. The van der Waals surface area contributed by atoms with Gasteiger partial charge in [-0.05, 0) is 39.8 Å². The minimum absolute atomic E-state index is 0.0406. The van der Waals surface area contributed by atoms with Crippen molar-refractivity contribution in [1.29, 1.82) is 0 Å². The number of hydrogen-bond acceptors (Lipinski definition) is 3. The summed E-state index contributed by atoms with van der Waals surface area (Å²) in [4.78, 5) is 22.4. The van der Waals surface area contributed by atoms with Crippen molar-refractivity contribution >= 4 is 11.8 Å². The highest BCUT2D eigenvalue weighted by molar-refractivity contribution is 5.90. The molecule has 0 aliphatic carbocycles. The molecule has 118 valence electrons. The second kappa shape index (κ2) is 7.98. The van der Waals surface area contributed by atoms with Crippen molar-refractivity contribution in [3.8, 4) is 0 Å². The van der Waals surface area contributed by atoms with Crippen molar-refractivity contribution in [1.82, 2.24) is 14.8 Å². The summed E-state index contributed by atoms with van der Waals surface area (Å²) in [6.07, 6.45) is 1.72. The highest BCUT2D eigenvalue weighted by Gasteiger charge is 2.21. The van der Waals surface area contributed by atoms with Gasteiger partial charge in [0.15, 0.2) is 0 Å². The second-order valence-electron chi connectivity index (χ2n) is 5.94. The van der Waals surface area contributed by atoms with E-state index in [0.717, 1.165) is 6.54 Å². The normalized spacial score (nSPS) is 11.3. The molecule has 0 radical (unpaired) electrons. The van der Waals surface area contributed by atoms with Gasteiger partial charge in [0.1, 0.15) is 5.82 Å². The van der Waals surface area contributed by atoms with Gasteiger partial charge in [-0.2, -0.15) is 0 Å². The van der Waals surface area contributed by atoms with Crippen LogP contribution < -0.4 is 4.90 Å². The van der Waals surface area contributed by atoms with E-state index in [1.54, 1.807) is 30.1 Å². The van der Waals surface area contributed by atoms with Crippen molar-refractivity contribution in [2.75, 3.05) is 32.1 Å². The fourth-order valence-electron chi connectivity index (χ4n) is 2.39. The summed E-state index contributed by atoms with van der Waals surface area (Å²) in [7, 11) is 3.53. The minimum Gasteiger partial charge on any atom is -0.330 e. The van der Waals surface area contributed by atoms with Crippen molar-refractivity contribution in [2.45, 2.75) is 39.8 Å². The zero-order valence-corrected chi connectivity index (χ0v) is 14.1. The Morgan fingerprint density at radius 1 is 1.10 bits per heavy atom. The molecule has 5 nitrogen and oxygen atoms in total. The molecule has 1 rings (SSSR count). The summed E-state index contributed by atoms with van der Waals surface area (Å²) in [6.45, 7) is 10.2. The number of hydrogen-bond donors (Lipinski definition) is 0. The van der Waals surface area contributed by atoms with Crippen LogP contribution in [0.1, 0.15) is 27.7 Å². The summed E-state index contributed by atoms with van der Waals surface area (Å²) in [5, 5.41) is 0. The van der Waals surface area contributed by atoms with Gasteiger partial charge < -0.3 is 4.90 Å². The molecule has 0 saturated carbocycles. The number of urea groups is 1. The van der Waals surface area contributed by atoms with Crippen LogP contribution in [-0.2, 0) is 0 Å². The van der Waals surface area contributed by atoms with E-state index in [4.69, 9.17) is 0 Å². The Morgan fingerprint density at radius 2 is 1.71 bits per heavy atom. The smallest absolute Gasteiger partial charge is 0.325 e. The van der Waals surface area contributed by atoms with Gasteiger partial charge in [0, 0.05) is 45.5 Å². The third-order valence-corrected chi connectivity index (χ3v) is 3.45. The fourth-order valence-corrected chi connectivity index (χ4v) is 2.39. The molecule has 0 aromatic carbocycles. The van der Waals surface area contributed by atoms with Crippen molar-refractivity contribution in [3.05, 3.63) is 24.4 Å². The highest BCUT2D eigenvalue weighted by Crippen LogP contribution is 2.13. The van der Waals surface area contributed by atoms with E-state index >= 15 is 0 Å². The van der Waals surface area contributed by atoms with Crippen LogP contribution in [0.5, 0.6) is 0 Å². The number of aromatic nitrogens is 1. The van der Waals surface area contributed by atoms with Crippen LogP contribution in [0, 0.1) is 0 Å². The van der Waals surface area contributed by atoms with E-state index in [0.29, 0.717) is 24.4 Å². The molecule has 1 heterocycles. The Bertz CT molecular complexity index is 423. The summed E-state index contributed by atoms with van der Waals surface area (Å²) in [5.41, 5.74) is 0. The second-order valence-corrected chi connectivity index (χ2v) is 5.94. The quantitative estimate of drug-likeness (QED) is 0.809. The van der Waals surface area contributed by atoms with Crippen molar-refractivity contribution in [3.63, 3.8) is 0 Å². The van der Waals surface area contributed by atoms with Crippen LogP contribution in [0.25, 0.3) is 0 Å². The predicted molar refractivity (Wildman–Crippen MR) is 87.6 cm³/mol. The molecule has 1 aromatic rings. The first-order valence-electron chi connectivity index (χ1n) is 7.50. The van der Waals surface area contributed by atoms with E-state index in [1.165, 1.54) is 0 Å². The molecule has 0 aliphatic heterocycles. The van der Waals surface area contributed by atoms with Crippen molar-refractivity contribution in [2.24, 2.45) is 0 Å². The molecule has 0 atom stereocenters. The molecule has 21 heavy (non-hydrogen) atoms. The van der Waals surface area contributed by atoms with Gasteiger partial charge in [-0.1, -0.05) is 6.07 Å². The zero-order valence-electron chi connectivity index (χ0n) is 14.1. The van der Waals surface area contributed by atoms with E-state index in [9.17, 15) is 4.79 Å². The van der Waals surface area contributed by atoms with Gasteiger partial charge in [0.25, 0.3) is 0 Å². The first-order valence-corrected chi connectivity index (χ1v) is 7.50. The number of pyridine rings is 1. The van der Waals surface area contributed by atoms with Gasteiger partial charge in [0.05, 0.1) is 0 Å². The lowest BCUT2D eigenvalue weighted by molar-refractivity contribution is 0.177. The number of rotatable bonds is 6. The van der Waals surface area contributed by atoms with E-state index in [-0.39, 0.29) is 6.03 Å². The van der Waals surface area contributed by atoms with Crippen LogP contribution in [0.2, 0.25) is 0 Å². The maximum atomic E-state index is 12.4. The molecule has 2 amide bonds. The molecule has 0 saturated heterocycles.